The number of hydrogen-bond donors (Lipinski definition) is 3. The minimum Gasteiger partial charge on any atom is -0.390 e. The van der Waals surface area contributed by atoms with Gasteiger partial charge in [0.15, 0.2) is 9.84 Å². The smallest absolute Gasteiger partial charge is 0.154 e. The Hall–Kier alpha value is -0.170. The van der Waals surface area contributed by atoms with Crippen molar-refractivity contribution in [1.82, 2.24) is 10.6 Å². The molecule has 0 saturated carbocycles. The molecule has 2 rings (SSSR count). The average Bonchev–Trinajstić information content (AvgIpc) is 2.58. The van der Waals surface area contributed by atoms with Gasteiger partial charge in [-0.3, -0.25) is 0 Å². The van der Waals surface area contributed by atoms with Gasteiger partial charge >= 0.3 is 0 Å². The molecule has 0 amide bonds. The summed E-state index contributed by atoms with van der Waals surface area (Å²) in [5.41, 5.74) is -0.0779. The van der Waals surface area contributed by atoms with Gasteiger partial charge < -0.3 is 15.7 Å². The van der Waals surface area contributed by atoms with E-state index in [0.29, 0.717) is 0 Å². The first-order chi connectivity index (χ1) is 6.90. The van der Waals surface area contributed by atoms with Crippen LogP contribution >= 0.6 is 0 Å². The lowest BCUT2D eigenvalue weighted by molar-refractivity contribution is 0.147. The molecule has 6 heteroatoms. The monoisotopic (exact) mass is 234 g/mol. The molecule has 15 heavy (non-hydrogen) atoms. The second-order valence-corrected chi connectivity index (χ2v) is 7.04. The Morgan fingerprint density at radius 1 is 1.47 bits per heavy atom. The Morgan fingerprint density at radius 3 is 2.67 bits per heavy atom. The van der Waals surface area contributed by atoms with E-state index in [1.54, 1.807) is 0 Å². The molecule has 3 atom stereocenters. The predicted octanol–water partition coefficient (Wildman–Crippen LogP) is -1.51. The molecular formula is C9H18N2O3S. The Kier molecular flexibility index (Phi) is 2.79. The van der Waals surface area contributed by atoms with Gasteiger partial charge in [0.1, 0.15) is 0 Å². The van der Waals surface area contributed by atoms with Gasteiger partial charge in [-0.1, -0.05) is 0 Å². The topological polar surface area (TPSA) is 78.4 Å². The van der Waals surface area contributed by atoms with Crippen LogP contribution in [0.3, 0.4) is 0 Å². The van der Waals surface area contributed by atoms with Crippen LogP contribution in [0.5, 0.6) is 0 Å². The molecule has 3 N–H and O–H groups in total. The summed E-state index contributed by atoms with van der Waals surface area (Å²) in [5, 5.41) is 16.1. The fraction of sp³-hybridized carbons (Fsp3) is 1.00. The Bertz CT molecular complexity index is 335. The van der Waals surface area contributed by atoms with Crippen molar-refractivity contribution in [2.45, 2.75) is 31.0 Å². The van der Waals surface area contributed by atoms with Crippen molar-refractivity contribution in [3.05, 3.63) is 0 Å². The second-order valence-electron chi connectivity index (χ2n) is 4.88. The largest absolute Gasteiger partial charge is 0.390 e. The van der Waals surface area contributed by atoms with Crippen LogP contribution in [0.2, 0.25) is 0 Å². The number of rotatable bonds is 2. The molecule has 0 aromatic rings. The number of aliphatic hydroxyl groups is 1. The van der Waals surface area contributed by atoms with E-state index >= 15 is 0 Å². The van der Waals surface area contributed by atoms with E-state index in [4.69, 9.17) is 0 Å². The molecule has 2 aliphatic rings. The molecule has 0 spiro atoms. The Labute approximate surface area is 90.2 Å². The van der Waals surface area contributed by atoms with Gasteiger partial charge in [0.25, 0.3) is 0 Å². The van der Waals surface area contributed by atoms with Crippen LogP contribution in [0.4, 0.5) is 0 Å². The number of hydrogen-bond acceptors (Lipinski definition) is 5. The lowest BCUT2D eigenvalue weighted by Crippen LogP contribution is -2.53. The van der Waals surface area contributed by atoms with Gasteiger partial charge in [0, 0.05) is 18.1 Å². The molecular weight excluding hydrogens is 216 g/mol. The molecule has 5 nitrogen and oxygen atoms in total. The van der Waals surface area contributed by atoms with Crippen LogP contribution in [-0.2, 0) is 9.84 Å². The molecule has 2 saturated heterocycles. The maximum atomic E-state index is 11.3. The summed E-state index contributed by atoms with van der Waals surface area (Å²) in [5.74, 6) is -0.0437. The Balaban J connectivity index is 2.01. The van der Waals surface area contributed by atoms with Gasteiger partial charge in [-0.25, -0.2) is 8.42 Å². The summed E-state index contributed by atoms with van der Waals surface area (Å²) in [6.07, 6.45) is 0.212. The molecule has 2 aliphatic heterocycles. The summed E-state index contributed by atoms with van der Waals surface area (Å²) in [6.45, 7) is 3.83. The molecule has 2 fully saturated rings. The van der Waals surface area contributed by atoms with Gasteiger partial charge in [-0.15, -0.1) is 0 Å². The van der Waals surface area contributed by atoms with Crippen LogP contribution in [0.25, 0.3) is 0 Å². The highest BCUT2D eigenvalue weighted by atomic mass is 32.2. The van der Waals surface area contributed by atoms with Gasteiger partial charge in [0.2, 0.25) is 0 Å². The second kappa shape index (κ2) is 3.69. The highest BCUT2D eigenvalue weighted by Gasteiger charge is 2.40. The van der Waals surface area contributed by atoms with E-state index in [0.717, 1.165) is 19.5 Å². The van der Waals surface area contributed by atoms with E-state index in [1.165, 1.54) is 0 Å². The van der Waals surface area contributed by atoms with E-state index in [9.17, 15) is 13.5 Å². The van der Waals surface area contributed by atoms with Gasteiger partial charge in [0.05, 0.1) is 17.6 Å². The van der Waals surface area contributed by atoms with E-state index in [-0.39, 0.29) is 23.1 Å². The molecule has 0 bridgehead atoms. The van der Waals surface area contributed by atoms with Crippen molar-refractivity contribution < 1.29 is 13.5 Å². The molecule has 0 aliphatic carbocycles. The third-order valence-corrected chi connectivity index (χ3v) is 4.94. The quantitative estimate of drug-likeness (QED) is 0.541. The van der Waals surface area contributed by atoms with Crippen LogP contribution in [0, 0.1) is 0 Å². The summed E-state index contributed by atoms with van der Waals surface area (Å²) in [4.78, 5) is 0. The standard InChI is InChI=1S/C9H18N2O3S/c1-9(2-3-10-6-9)11-7-4-15(13,14)5-8(7)12/h7-8,10-12H,2-6H2,1H3. The zero-order valence-corrected chi connectivity index (χ0v) is 9.68. The fourth-order valence-electron chi connectivity index (χ4n) is 2.35. The van der Waals surface area contributed by atoms with Crippen molar-refractivity contribution >= 4 is 9.84 Å². The molecule has 0 aromatic carbocycles. The van der Waals surface area contributed by atoms with Crippen molar-refractivity contribution in [3.8, 4) is 0 Å². The first-order valence-electron chi connectivity index (χ1n) is 5.27. The summed E-state index contributed by atoms with van der Waals surface area (Å²) < 4.78 is 22.6. The van der Waals surface area contributed by atoms with Crippen LogP contribution < -0.4 is 10.6 Å². The third kappa shape index (κ3) is 2.50. The van der Waals surface area contributed by atoms with Crippen LogP contribution in [-0.4, -0.2) is 55.8 Å². The van der Waals surface area contributed by atoms with E-state index in [1.807, 2.05) is 0 Å². The first-order valence-corrected chi connectivity index (χ1v) is 7.09. The van der Waals surface area contributed by atoms with E-state index < -0.39 is 15.9 Å². The predicted molar refractivity (Wildman–Crippen MR) is 57.5 cm³/mol. The van der Waals surface area contributed by atoms with E-state index in [2.05, 4.69) is 17.6 Å². The molecule has 3 unspecified atom stereocenters. The lowest BCUT2D eigenvalue weighted by atomic mass is 9.99. The highest BCUT2D eigenvalue weighted by Crippen LogP contribution is 2.19. The normalized spacial score (nSPS) is 44.7. The number of nitrogens with one attached hydrogen (secondary N) is 2. The molecule has 0 radical (unpaired) electrons. The first kappa shape index (κ1) is 11.3. The van der Waals surface area contributed by atoms with Crippen LogP contribution in [0.1, 0.15) is 13.3 Å². The van der Waals surface area contributed by atoms with Crippen molar-refractivity contribution in [3.63, 3.8) is 0 Å². The summed E-state index contributed by atoms with van der Waals surface area (Å²) in [6, 6.07) is -0.306. The van der Waals surface area contributed by atoms with Crippen LogP contribution in [0.15, 0.2) is 0 Å². The fourth-order valence-corrected chi connectivity index (χ4v) is 4.10. The van der Waals surface area contributed by atoms with Crippen molar-refractivity contribution in [1.29, 1.82) is 0 Å². The minimum absolute atomic E-state index is 0.0593. The SMILES string of the molecule is CC1(NC2CS(=O)(=O)CC2O)CCNC1. The highest BCUT2D eigenvalue weighted by molar-refractivity contribution is 7.91. The summed E-state index contributed by atoms with van der Waals surface area (Å²) >= 11 is 0. The van der Waals surface area contributed by atoms with Crippen molar-refractivity contribution in [2.75, 3.05) is 24.6 Å². The van der Waals surface area contributed by atoms with Gasteiger partial charge in [-0.05, 0) is 19.9 Å². The zero-order valence-electron chi connectivity index (χ0n) is 8.86. The minimum atomic E-state index is -3.05. The third-order valence-electron chi connectivity index (χ3n) is 3.23. The average molecular weight is 234 g/mol. The molecule has 88 valence electrons. The number of aliphatic hydroxyl groups excluding tert-OH is 1. The number of sulfone groups is 1. The Morgan fingerprint density at radius 2 is 2.20 bits per heavy atom. The summed E-state index contributed by atoms with van der Waals surface area (Å²) in [7, 11) is -3.05. The van der Waals surface area contributed by atoms with Crippen molar-refractivity contribution in [2.24, 2.45) is 0 Å². The lowest BCUT2D eigenvalue weighted by Gasteiger charge is -2.29. The van der Waals surface area contributed by atoms with Gasteiger partial charge in [-0.2, -0.15) is 0 Å². The maximum Gasteiger partial charge on any atom is 0.154 e. The molecule has 2 heterocycles. The zero-order chi connectivity index (χ0) is 11.1. The maximum absolute atomic E-state index is 11.3. The molecule has 0 aromatic heterocycles.